The van der Waals surface area contributed by atoms with Crippen molar-refractivity contribution in [3.05, 3.63) is 76.6 Å². The van der Waals surface area contributed by atoms with E-state index < -0.39 is 0 Å². The van der Waals surface area contributed by atoms with Crippen LogP contribution in [0.5, 0.6) is 5.75 Å². The van der Waals surface area contributed by atoms with E-state index in [0.29, 0.717) is 11.8 Å². The summed E-state index contributed by atoms with van der Waals surface area (Å²) < 4.78 is 19.9. The molecule has 0 amide bonds. The SMILES string of the molecule is CC1=CCC2C(C1)c1ccc(C(C)(C)c3ccc(F)cc3)cc1OC2(C)C. The van der Waals surface area contributed by atoms with Crippen LogP contribution in [0, 0.1) is 11.7 Å². The molecule has 2 aromatic rings. The predicted molar refractivity (Wildman–Crippen MR) is 109 cm³/mol. The monoisotopic (exact) mass is 364 g/mol. The van der Waals surface area contributed by atoms with Crippen molar-refractivity contribution >= 4 is 0 Å². The molecule has 1 nitrogen and oxygen atoms in total. The molecule has 2 aromatic carbocycles. The Balaban J connectivity index is 1.76. The van der Waals surface area contributed by atoms with Crippen molar-refractivity contribution < 1.29 is 9.13 Å². The number of halogens is 1. The number of ether oxygens (including phenoxy) is 1. The molecule has 27 heavy (non-hydrogen) atoms. The summed E-state index contributed by atoms with van der Waals surface area (Å²) in [4.78, 5) is 0. The first-order chi connectivity index (χ1) is 12.7. The van der Waals surface area contributed by atoms with Crippen LogP contribution in [-0.4, -0.2) is 5.60 Å². The third-order valence-corrected chi connectivity index (χ3v) is 6.71. The van der Waals surface area contributed by atoms with Gasteiger partial charge in [-0.25, -0.2) is 4.39 Å². The molecule has 1 aliphatic carbocycles. The molecule has 0 radical (unpaired) electrons. The van der Waals surface area contributed by atoms with Crippen LogP contribution in [0.25, 0.3) is 0 Å². The number of rotatable bonds is 2. The van der Waals surface area contributed by atoms with Gasteiger partial charge in [-0.15, -0.1) is 0 Å². The molecule has 0 saturated heterocycles. The second-order valence-corrected chi connectivity index (χ2v) is 9.29. The third kappa shape index (κ3) is 3.09. The molecule has 0 N–H and O–H groups in total. The lowest BCUT2D eigenvalue weighted by molar-refractivity contribution is 0.00841. The fraction of sp³-hybridized carbons (Fsp3) is 0.440. The highest BCUT2D eigenvalue weighted by Crippen LogP contribution is 2.52. The van der Waals surface area contributed by atoms with Crippen molar-refractivity contribution in [2.45, 2.75) is 64.4 Å². The molecule has 0 saturated carbocycles. The first-order valence-corrected chi connectivity index (χ1v) is 9.93. The number of allylic oxidation sites excluding steroid dienone is 2. The lowest BCUT2D eigenvalue weighted by Gasteiger charge is -2.47. The van der Waals surface area contributed by atoms with E-state index in [1.807, 2.05) is 12.1 Å². The summed E-state index contributed by atoms with van der Waals surface area (Å²) in [7, 11) is 0. The van der Waals surface area contributed by atoms with Crippen LogP contribution in [0.2, 0.25) is 0 Å². The molecule has 0 bridgehead atoms. The van der Waals surface area contributed by atoms with Gasteiger partial charge in [-0.3, -0.25) is 0 Å². The van der Waals surface area contributed by atoms with Crippen LogP contribution >= 0.6 is 0 Å². The Morgan fingerprint density at radius 3 is 2.41 bits per heavy atom. The highest BCUT2D eigenvalue weighted by atomic mass is 19.1. The minimum absolute atomic E-state index is 0.173. The van der Waals surface area contributed by atoms with E-state index >= 15 is 0 Å². The zero-order valence-electron chi connectivity index (χ0n) is 17.0. The van der Waals surface area contributed by atoms with E-state index in [9.17, 15) is 4.39 Å². The van der Waals surface area contributed by atoms with Gasteiger partial charge in [0.15, 0.2) is 0 Å². The van der Waals surface area contributed by atoms with Gasteiger partial charge in [0.1, 0.15) is 17.2 Å². The minimum Gasteiger partial charge on any atom is -0.487 e. The zero-order valence-corrected chi connectivity index (χ0v) is 17.0. The average molecular weight is 365 g/mol. The second-order valence-electron chi connectivity index (χ2n) is 9.29. The maximum absolute atomic E-state index is 13.4. The summed E-state index contributed by atoms with van der Waals surface area (Å²) in [6, 6.07) is 13.5. The van der Waals surface area contributed by atoms with Crippen LogP contribution in [0.3, 0.4) is 0 Å². The topological polar surface area (TPSA) is 9.23 Å². The van der Waals surface area contributed by atoms with Crippen molar-refractivity contribution in [1.82, 2.24) is 0 Å². The lowest BCUT2D eigenvalue weighted by atomic mass is 9.67. The molecule has 0 spiro atoms. The van der Waals surface area contributed by atoms with Crippen LogP contribution in [-0.2, 0) is 5.41 Å². The number of benzene rings is 2. The molecular formula is C25H29FO. The maximum atomic E-state index is 13.4. The van der Waals surface area contributed by atoms with Crippen molar-refractivity contribution in [3.8, 4) is 5.75 Å². The average Bonchev–Trinajstić information content (AvgIpc) is 2.61. The standard InChI is InChI=1S/C25H29FO/c1-16-6-13-22-21(14-16)20-12-9-18(15-23(20)27-25(22,4)5)24(2,3)17-7-10-19(26)11-8-17/h6-12,15,21-22H,13-14H2,1-5H3. The van der Waals surface area contributed by atoms with Crippen molar-refractivity contribution in [1.29, 1.82) is 0 Å². The van der Waals surface area contributed by atoms with Gasteiger partial charge in [0, 0.05) is 11.3 Å². The highest BCUT2D eigenvalue weighted by molar-refractivity contribution is 5.48. The van der Waals surface area contributed by atoms with E-state index in [1.54, 1.807) is 0 Å². The molecular weight excluding hydrogens is 335 g/mol. The second kappa shape index (κ2) is 6.22. The van der Waals surface area contributed by atoms with Crippen LogP contribution in [0.1, 0.15) is 70.1 Å². The fourth-order valence-corrected chi connectivity index (χ4v) is 4.87. The fourth-order valence-electron chi connectivity index (χ4n) is 4.87. The van der Waals surface area contributed by atoms with Gasteiger partial charge >= 0.3 is 0 Å². The van der Waals surface area contributed by atoms with Crippen molar-refractivity contribution in [3.63, 3.8) is 0 Å². The zero-order chi connectivity index (χ0) is 19.4. The van der Waals surface area contributed by atoms with E-state index in [4.69, 9.17) is 4.74 Å². The summed E-state index contributed by atoms with van der Waals surface area (Å²) in [5, 5.41) is 0. The van der Waals surface area contributed by atoms with Crippen molar-refractivity contribution in [2.75, 3.05) is 0 Å². The van der Waals surface area contributed by atoms with E-state index in [-0.39, 0.29) is 16.8 Å². The Morgan fingerprint density at radius 2 is 1.70 bits per heavy atom. The molecule has 2 heteroatoms. The van der Waals surface area contributed by atoms with Crippen LogP contribution in [0.15, 0.2) is 54.1 Å². The smallest absolute Gasteiger partial charge is 0.123 e. The first kappa shape index (κ1) is 18.3. The maximum Gasteiger partial charge on any atom is 0.123 e. The molecule has 0 aromatic heterocycles. The quantitative estimate of drug-likeness (QED) is 0.535. The predicted octanol–water partition coefficient (Wildman–Crippen LogP) is 6.76. The van der Waals surface area contributed by atoms with Gasteiger partial charge in [-0.2, -0.15) is 0 Å². The first-order valence-electron chi connectivity index (χ1n) is 9.93. The molecule has 0 fully saturated rings. The van der Waals surface area contributed by atoms with Gasteiger partial charge in [-0.05, 0) is 74.4 Å². The Bertz CT molecular complexity index is 889. The molecule has 2 atom stereocenters. The summed E-state index contributed by atoms with van der Waals surface area (Å²) >= 11 is 0. The lowest BCUT2D eigenvalue weighted by Crippen LogP contribution is -2.45. The number of fused-ring (bicyclic) bond motifs is 3. The molecule has 4 rings (SSSR count). The van der Waals surface area contributed by atoms with Crippen LogP contribution in [0.4, 0.5) is 4.39 Å². The highest BCUT2D eigenvalue weighted by Gasteiger charge is 2.44. The Labute approximate surface area is 162 Å². The third-order valence-electron chi connectivity index (χ3n) is 6.71. The van der Waals surface area contributed by atoms with E-state index in [2.05, 4.69) is 58.9 Å². The van der Waals surface area contributed by atoms with E-state index in [1.165, 1.54) is 28.8 Å². The van der Waals surface area contributed by atoms with Gasteiger partial charge in [-0.1, -0.05) is 49.8 Å². The van der Waals surface area contributed by atoms with Crippen LogP contribution < -0.4 is 4.74 Å². The molecule has 1 aliphatic heterocycles. The van der Waals surface area contributed by atoms with Gasteiger partial charge in [0.05, 0.1) is 0 Å². The summed E-state index contributed by atoms with van der Waals surface area (Å²) in [6.07, 6.45) is 4.58. The summed E-state index contributed by atoms with van der Waals surface area (Å²) in [5.41, 5.74) is 4.74. The van der Waals surface area contributed by atoms with Gasteiger partial charge < -0.3 is 4.74 Å². The number of hydrogen-bond acceptors (Lipinski definition) is 1. The molecule has 2 aliphatic rings. The normalized spacial score (nSPS) is 23.7. The summed E-state index contributed by atoms with van der Waals surface area (Å²) in [6.45, 7) is 11.1. The van der Waals surface area contributed by atoms with E-state index in [0.717, 1.165) is 24.2 Å². The summed E-state index contributed by atoms with van der Waals surface area (Å²) in [5.74, 6) is 1.86. The van der Waals surface area contributed by atoms with Gasteiger partial charge in [0.25, 0.3) is 0 Å². The Kier molecular flexibility index (Phi) is 4.21. The largest absolute Gasteiger partial charge is 0.487 e. The van der Waals surface area contributed by atoms with Crippen molar-refractivity contribution in [2.24, 2.45) is 5.92 Å². The molecule has 2 unspecified atom stereocenters. The number of hydrogen-bond donors (Lipinski definition) is 0. The Morgan fingerprint density at radius 1 is 1.04 bits per heavy atom. The Hall–Kier alpha value is -2.09. The minimum atomic E-state index is -0.213. The van der Waals surface area contributed by atoms with Gasteiger partial charge in [0.2, 0.25) is 0 Å². The molecule has 142 valence electrons. The molecule has 1 heterocycles.